The standard InChI is InChI=1S/C17H24N2O3.ClH/c20-17(16-11-18-9-10-21-16)19-14-7-5-13(6-8-14)12-22-15-3-1-2-4-15;/h5-8,15-16,18H,1-4,9-12H2,(H,19,20);1H. The van der Waals surface area contributed by atoms with Crippen molar-refractivity contribution >= 4 is 24.0 Å². The van der Waals surface area contributed by atoms with Crippen LogP contribution in [-0.2, 0) is 20.9 Å². The zero-order chi connectivity index (χ0) is 15.2. The highest BCUT2D eigenvalue weighted by Crippen LogP contribution is 2.22. The second-order valence-corrected chi connectivity index (χ2v) is 5.97. The van der Waals surface area contributed by atoms with Gasteiger partial charge in [0.15, 0.2) is 0 Å². The Labute approximate surface area is 143 Å². The highest BCUT2D eigenvalue weighted by molar-refractivity contribution is 5.94. The van der Waals surface area contributed by atoms with Gasteiger partial charge in [0, 0.05) is 18.8 Å². The van der Waals surface area contributed by atoms with Crippen LogP contribution in [0.15, 0.2) is 24.3 Å². The van der Waals surface area contributed by atoms with Crippen molar-refractivity contribution in [2.75, 3.05) is 25.0 Å². The summed E-state index contributed by atoms with van der Waals surface area (Å²) >= 11 is 0. The molecule has 1 heterocycles. The average molecular weight is 341 g/mol. The highest BCUT2D eigenvalue weighted by atomic mass is 35.5. The van der Waals surface area contributed by atoms with Crippen LogP contribution in [0.5, 0.6) is 0 Å². The molecule has 1 aromatic rings. The smallest absolute Gasteiger partial charge is 0.254 e. The van der Waals surface area contributed by atoms with Gasteiger partial charge < -0.3 is 20.1 Å². The van der Waals surface area contributed by atoms with E-state index in [9.17, 15) is 4.79 Å². The maximum absolute atomic E-state index is 12.1. The molecule has 6 heteroatoms. The van der Waals surface area contributed by atoms with Crippen LogP contribution in [0.2, 0.25) is 0 Å². The molecule has 3 rings (SSSR count). The number of amides is 1. The molecule has 1 saturated heterocycles. The zero-order valence-corrected chi connectivity index (χ0v) is 14.1. The minimum atomic E-state index is -0.404. The summed E-state index contributed by atoms with van der Waals surface area (Å²) < 4.78 is 11.3. The Balaban J connectivity index is 0.00000192. The van der Waals surface area contributed by atoms with Crippen LogP contribution < -0.4 is 10.6 Å². The van der Waals surface area contributed by atoms with Crippen molar-refractivity contribution in [2.24, 2.45) is 0 Å². The topological polar surface area (TPSA) is 59.6 Å². The highest BCUT2D eigenvalue weighted by Gasteiger charge is 2.21. The van der Waals surface area contributed by atoms with Crippen LogP contribution in [-0.4, -0.2) is 37.8 Å². The van der Waals surface area contributed by atoms with E-state index in [4.69, 9.17) is 9.47 Å². The first-order chi connectivity index (χ1) is 10.8. The van der Waals surface area contributed by atoms with E-state index in [1.807, 2.05) is 24.3 Å². The van der Waals surface area contributed by atoms with Gasteiger partial charge in [-0.15, -0.1) is 12.4 Å². The largest absolute Gasteiger partial charge is 0.374 e. The van der Waals surface area contributed by atoms with Gasteiger partial charge in [-0.05, 0) is 30.5 Å². The molecule has 2 aliphatic rings. The van der Waals surface area contributed by atoms with E-state index >= 15 is 0 Å². The Hall–Kier alpha value is -1.14. The van der Waals surface area contributed by atoms with E-state index in [0.717, 1.165) is 17.8 Å². The number of morpholine rings is 1. The second-order valence-electron chi connectivity index (χ2n) is 5.97. The van der Waals surface area contributed by atoms with Crippen molar-refractivity contribution in [1.82, 2.24) is 5.32 Å². The van der Waals surface area contributed by atoms with E-state index < -0.39 is 6.10 Å². The Morgan fingerprint density at radius 2 is 2.00 bits per heavy atom. The molecule has 0 spiro atoms. The van der Waals surface area contributed by atoms with Gasteiger partial charge in [-0.2, -0.15) is 0 Å². The van der Waals surface area contributed by atoms with Crippen molar-refractivity contribution in [1.29, 1.82) is 0 Å². The number of ether oxygens (including phenoxy) is 2. The molecule has 1 aliphatic heterocycles. The third-order valence-electron chi connectivity index (χ3n) is 4.23. The molecule has 0 bridgehead atoms. The van der Waals surface area contributed by atoms with Crippen LogP contribution in [0.1, 0.15) is 31.2 Å². The first kappa shape index (κ1) is 18.2. The predicted octanol–water partition coefficient (Wildman–Crippen LogP) is 2.49. The van der Waals surface area contributed by atoms with Crippen LogP contribution in [0.25, 0.3) is 0 Å². The van der Waals surface area contributed by atoms with Gasteiger partial charge in [-0.1, -0.05) is 25.0 Å². The van der Waals surface area contributed by atoms with Crippen molar-refractivity contribution < 1.29 is 14.3 Å². The molecule has 0 radical (unpaired) electrons. The second kappa shape index (κ2) is 9.23. The normalized spacial score (nSPS) is 21.7. The monoisotopic (exact) mass is 340 g/mol. The molecule has 2 fully saturated rings. The first-order valence-electron chi connectivity index (χ1n) is 8.15. The van der Waals surface area contributed by atoms with E-state index in [2.05, 4.69) is 10.6 Å². The number of benzene rings is 1. The SMILES string of the molecule is Cl.O=C(Nc1ccc(COC2CCCC2)cc1)C1CNCCO1. The molecule has 128 valence electrons. The lowest BCUT2D eigenvalue weighted by molar-refractivity contribution is -0.128. The summed E-state index contributed by atoms with van der Waals surface area (Å²) in [6, 6.07) is 7.85. The number of carbonyl (C=O) groups is 1. The summed E-state index contributed by atoms with van der Waals surface area (Å²) in [4.78, 5) is 12.1. The maximum Gasteiger partial charge on any atom is 0.254 e. The van der Waals surface area contributed by atoms with Crippen LogP contribution in [0.3, 0.4) is 0 Å². The third-order valence-corrected chi connectivity index (χ3v) is 4.23. The number of anilines is 1. The van der Waals surface area contributed by atoms with E-state index in [-0.39, 0.29) is 18.3 Å². The number of carbonyl (C=O) groups excluding carboxylic acids is 1. The molecule has 23 heavy (non-hydrogen) atoms. The summed E-state index contributed by atoms with van der Waals surface area (Å²) in [5, 5.41) is 6.04. The summed E-state index contributed by atoms with van der Waals surface area (Å²) in [5.74, 6) is -0.0952. The van der Waals surface area contributed by atoms with Gasteiger partial charge in [0.05, 0.1) is 19.3 Å². The summed E-state index contributed by atoms with van der Waals surface area (Å²) in [7, 11) is 0. The lowest BCUT2D eigenvalue weighted by Crippen LogP contribution is -2.45. The molecule has 1 unspecified atom stereocenters. The molecular formula is C17H25ClN2O3. The Morgan fingerprint density at radius 1 is 1.26 bits per heavy atom. The van der Waals surface area contributed by atoms with Crippen LogP contribution >= 0.6 is 12.4 Å². The third kappa shape index (κ3) is 5.46. The minimum absolute atomic E-state index is 0. The number of hydrogen-bond donors (Lipinski definition) is 2. The fourth-order valence-corrected chi connectivity index (χ4v) is 2.91. The predicted molar refractivity (Wildman–Crippen MR) is 92.0 cm³/mol. The molecule has 0 aromatic heterocycles. The number of halogens is 1. The number of rotatable bonds is 5. The summed E-state index contributed by atoms with van der Waals surface area (Å²) in [6.07, 6.45) is 4.96. The molecule has 1 atom stereocenters. The summed E-state index contributed by atoms with van der Waals surface area (Å²) in [5.41, 5.74) is 1.93. The Kier molecular flexibility index (Phi) is 7.30. The van der Waals surface area contributed by atoms with Gasteiger partial charge >= 0.3 is 0 Å². The molecule has 2 N–H and O–H groups in total. The number of nitrogens with one attached hydrogen (secondary N) is 2. The minimum Gasteiger partial charge on any atom is -0.374 e. The fourth-order valence-electron chi connectivity index (χ4n) is 2.91. The van der Waals surface area contributed by atoms with E-state index in [0.29, 0.717) is 25.9 Å². The van der Waals surface area contributed by atoms with Crippen molar-refractivity contribution in [3.63, 3.8) is 0 Å². The summed E-state index contributed by atoms with van der Waals surface area (Å²) in [6.45, 7) is 2.60. The van der Waals surface area contributed by atoms with E-state index in [1.54, 1.807) is 0 Å². The average Bonchev–Trinajstić information content (AvgIpc) is 3.08. The lowest BCUT2D eigenvalue weighted by Gasteiger charge is -2.22. The Bertz CT molecular complexity index is 483. The first-order valence-corrected chi connectivity index (χ1v) is 8.15. The number of hydrogen-bond acceptors (Lipinski definition) is 4. The van der Waals surface area contributed by atoms with E-state index in [1.165, 1.54) is 25.7 Å². The van der Waals surface area contributed by atoms with Gasteiger partial charge in [-0.25, -0.2) is 0 Å². The van der Waals surface area contributed by atoms with Crippen molar-refractivity contribution in [3.8, 4) is 0 Å². The quantitative estimate of drug-likeness (QED) is 0.864. The molecule has 1 aromatic carbocycles. The molecule has 1 saturated carbocycles. The molecular weight excluding hydrogens is 316 g/mol. The molecule has 5 nitrogen and oxygen atoms in total. The van der Waals surface area contributed by atoms with Crippen LogP contribution in [0.4, 0.5) is 5.69 Å². The molecule has 1 amide bonds. The van der Waals surface area contributed by atoms with Crippen LogP contribution in [0, 0.1) is 0 Å². The maximum atomic E-state index is 12.1. The van der Waals surface area contributed by atoms with Crippen molar-refractivity contribution in [2.45, 2.75) is 44.5 Å². The van der Waals surface area contributed by atoms with Gasteiger partial charge in [0.25, 0.3) is 5.91 Å². The van der Waals surface area contributed by atoms with Gasteiger partial charge in [0.2, 0.25) is 0 Å². The van der Waals surface area contributed by atoms with Gasteiger partial charge in [0.1, 0.15) is 6.10 Å². The van der Waals surface area contributed by atoms with Gasteiger partial charge in [-0.3, -0.25) is 4.79 Å². The zero-order valence-electron chi connectivity index (χ0n) is 13.3. The molecule has 1 aliphatic carbocycles. The fraction of sp³-hybridized carbons (Fsp3) is 0.588. The Morgan fingerprint density at radius 3 is 2.65 bits per heavy atom. The lowest BCUT2D eigenvalue weighted by atomic mass is 10.2. The van der Waals surface area contributed by atoms with Crippen molar-refractivity contribution in [3.05, 3.63) is 29.8 Å².